The molecule has 0 saturated heterocycles. The predicted molar refractivity (Wildman–Crippen MR) is 119 cm³/mol. The number of allylic oxidation sites excluding steroid dienone is 1. The van der Waals surface area contributed by atoms with Gasteiger partial charge in [-0.3, -0.25) is 0 Å². The van der Waals surface area contributed by atoms with Crippen molar-refractivity contribution in [3.8, 4) is 0 Å². The van der Waals surface area contributed by atoms with Gasteiger partial charge in [0.05, 0.1) is 0 Å². The van der Waals surface area contributed by atoms with Gasteiger partial charge < -0.3 is 0 Å². The summed E-state index contributed by atoms with van der Waals surface area (Å²) in [5, 5.41) is 0. The number of alkyl halides is 1. The minimum Gasteiger partial charge on any atom is -0.0887 e. The summed E-state index contributed by atoms with van der Waals surface area (Å²) in [7, 11) is 0. The van der Waals surface area contributed by atoms with Gasteiger partial charge in [-0.1, -0.05) is 85.5 Å². The molecule has 0 radical (unpaired) electrons. The van der Waals surface area contributed by atoms with Crippen LogP contribution in [0.15, 0.2) is 29.8 Å². The maximum absolute atomic E-state index is 4.17. The van der Waals surface area contributed by atoms with Crippen molar-refractivity contribution in [2.24, 2.45) is 40.9 Å². The monoisotopic (exact) mass is 426 g/mol. The van der Waals surface area contributed by atoms with Crippen molar-refractivity contribution in [2.75, 3.05) is 0 Å². The number of benzene rings is 1. The van der Waals surface area contributed by atoms with Crippen LogP contribution in [0, 0.1) is 40.9 Å². The number of fused-ring (bicyclic) bond motifs is 4. The fraction of sp³-hybridized carbons (Fsp3) is 0.692. The lowest BCUT2D eigenvalue weighted by Gasteiger charge is -2.49. The summed E-state index contributed by atoms with van der Waals surface area (Å²) >= 11 is 4.17. The highest BCUT2D eigenvalue weighted by molar-refractivity contribution is 9.09. The summed E-state index contributed by atoms with van der Waals surface area (Å²) in [6, 6.07) is 9.04. The highest BCUT2D eigenvalue weighted by Crippen LogP contribution is 2.63. The summed E-state index contributed by atoms with van der Waals surface area (Å²) < 4.78 is 0. The molecule has 0 heterocycles. The molecule has 0 nitrogen and oxygen atoms in total. The molecular weight excluding hydrogens is 392 g/mol. The molecule has 0 bridgehead atoms. The van der Waals surface area contributed by atoms with Crippen LogP contribution in [-0.2, 0) is 6.42 Å². The first kappa shape index (κ1) is 18.5. The lowest BCUT2D eigenvalue weighted by molar-refractivity contribution is 0.0434. The molecule has 146 valence electrons. The third-order valence-corrected chi connectivity index (χ3v) is 10.1. The molecule has 5 rings (SSSR count). The van der Waals surface area contributed by atoms with E-state index in [1.54, 1.807) is 5.57 Å². The lowest BCUT2D eigenvalue weighted by atomic mass is 9.57. The normalized spacial score (nSPS) is 40.9. The second kappa shape index (κ2) is 6.75. The van der Waals surface area contributed by atoms with E-state index in [4.69, 9.17) is 0 Å². The molecule has 0 spiro atoms. The number of hydrogen-bond donors (Lipinski definition) is 0. The van der Waals surface area contributed by atoms with E-state index in [1.165, 1.54) is 56.1 Å². The Kier molecular flexibility index (Phi) is 4.62. The smallest absolute Gasteiger partial charge is 0.0179 e. The van der Waals surface area contributed by atoms with Crippen LogP contribution >= 0.6 is 15.9 Å². The van der Waals surface area contributed by atoms with E-state index in [0.717, 1.165) is 40.3 Å². The molecule has 3 saturated carbocycles. The van der Waals surface area contributed by atoms with Gasteiger partial charge in [0, 0.05) is 4.83 Å². The number of halogens is 1. The van der Waals surface area contributed by atoms with Crippen LogP contribution in [0.1, 0.15) is 70.4 Å². The molecule has 7 unspecified atom stereocenters. The lowest BCUT2D eigenvalue weighted by Crippen LogP contribution is -2.44. The Morgan fingerprint density at radius 2 is 1.67 bits per heavy atom. The van der Waals surface area contributed by atoms with Gasteiger partial charge in [0.1, 0.15) is 0 Å². The van der Waals surface area contributed by atoms with Gasteiger partial charge >= 0.3 is 0 Å². The van der Waals surface area contributed by atoms with Gasteiger partial charge in [-0.05, 0) is 84.2 Å². The van der Waals surface area contributed by atoms with Crippen molar-refractivity contribution in [2.45, 2.75) is 70.5 Å². The van der Waals surface area contributed by atoms with Crippen LogP contribution in [0.4, 0.5) is 0 Å². The van der Waals surface area contributed by atoms with E-state index in [9.17, 15) is 0 Å². The average molecular weight is 427 g/mol. The molecule has 0 aliphatic heterocycles. The summed E-state index contributed by atoms with van der Waals surface area (Å²) in [6.45, 7) is 7.73. The van der Waals surface area contributed by atoms with Crippen LogP contribution in [0.3, 0.4) is 0 Å². The standard InChI is InChI=1S/C26H35Br/c1-16-12-22-20-10-6-7-11-21(20)24(27)15-23(22)25(16)26(2,3)19-13-17-8-4-5-9-18(17)14-19/h4-5,8-9,13,16,20-25H,6-7,10-12,14-15H2,1-3H3. The van der Waals surface area contributed by atoms with Crippen molar-refractivity contribution in [1.82, 2.24) is 0 Å². The van der Waals surface area contributed by atoms with Gasteiger partial charge in [0.15, 0.2) is 0 Å². The maximum atomic E-state index is 4.17. The van der Waals surface area contributed by atoms with Crippen molar-refractivity contribution >= 4 is 22.0 Å². The van der Waals surface area contributed by atoms with Gasteiger partial charge in [-0.15, -0.1) is 0 Å². The molecule has 0 N–H and O–H groups in total. The summed E-state index contributed by atoms with van der Waals surface area (Å²) in [5.74, 6) is 5.57. The zero-order valence-corrected chi connectivity index (χ0v) is 18.8. The molecule has 1 heteroatoms. The highest BCUT2D eigenvalue weighted by atomic mass is 79.9. The maximum Gasteiger partial charge on any atom is 0.0179 e. The van der Waals surface area contributed by atoms with Gasteiger partial charge in [0.25, 0.3) is 0 Å². The van der Waals surface area contributed by atoms with Crippen LogP contribution in [0.2, 0.25) is 0 Å². The first-order chi connectivity index (χ1) is 13.0. The van der Waals surface area contributed by atoms with E-state index in [1.807, 2.05) is 0 Å². The molecule has 1 aromatic rings. The van der Waals surface area contributed by atoms with Crippen molar-refractivity contribution in [1.29, 1.82) is 0 Å². The Balaban J connectivity index is 1.45. The molecule has 0 aromatic heterocycles. The van der Waals surface area contributed by atoms with Crippen molar-refractivity contribution in [3.05, 3.63) is 41.0 Å². The Morgan fingerprint density at radius 3 is 2.44 bits per heavy atom. The van der Waals surface area contributed by atoms with E-state index in [-0.39, 0.29) is 0 Å². The van der Waals surface area contributed by atoms with Crippen LogP contribution in [-0.4, -0.2) is 4.83 Å². The third-order valence-electron chi connectivity index (χ3n) is 9.08. The molecule has 27 heavy (non-hydrogen) atoms. The van der Waals surface area contributed by atoms with E-state index < -0.39 is 0 Å². The first-order valence-corrected chi connectivity index (χ1v) is 12.3. The molecule has 1 aromatic carbocycles. The Labute approximate surface area is 174 Å². The van der Waals surface area contributed by atoms with Gasteiger partial charge in [-0.25, -0.2) is 0 Å². The van der Waals surface area contributed by atoms with Crippen LogP contribution in [0.5, 0.6) is 0 Å². The largest absolute Gasteiger partial charge is 0.0887 e. The van der Waals surface area contributed by atoms with E-state index >= 15 is 0 Å². The fourth-order valence-corrected chi connectivity index (χ4v) is 9.10. The molecule has 0 amide bonds. The highest BCUT2D eigenvalue weighted by Gasteiger charge is 2.56. The second-order valence-electron chi connectivity index (χ2n) is 10.7. The number of rotatable bonds is 2. The van der Waals surface area contributed by atoms with E-state index in [2.05, 4.69) is 67.0 Å². The minimum atomic E-state index is 0.312. The van der Waals surface area contributed by atoms with Gasteiger partial charge in [0.2, 0.25) is 0 Å². The summed E-state index contributed by atoms with van der Waals surface area (Å²) in [5.41, 5.74) is 5.01. The van der Waals surface area contributed by atoms with Crippen molar-refractivity contribution < 1.29 is 0 Å². The van der Waals surface area contributed by atoms with E-state index in [0.29, 0.717) is 5.41 Å². The predicted octanol–water partition coefficient (Wildman–Crippen LogP) is 7.51. The van der Waals surface area contributed by atoms with Crippen LogP contribution < -0.4 is 0 Å². The molecule has 3 fully saturated rings. The Morgan fingerprint density at radius 1 is 0.926 bits per heavy atom. The number of hydrogen-bond acceptors (Lipinski definition) is 0. The second-order valence-corrected chi connectivity index (χ2v) is 11.9. The third kappa shape index (κ3) is 2.90. The first-order valence-electron chi connectivity index (χ1n) is 11.4. The quantitative estimate of drug-likeness (QED) is 0.428. The zero-order valence-electron chi connectivity index (χ0n) is 17.3. The SMILES string of the molecule is CC1CC2C3CCCCC3C(Br)CC2C1C(C)(C)C1=Cc2ccccc2C1. The molecule has 4 aliphatic rings. The topological polar surface area (TPSA) is 0 Å². The molecule has 4 aliphatic carbocycles. The van der Waals surface area contributed by atoms with Gasteiger partial charge in [-0.2, -0.15) is 0 Å². The van der Waals surface area contributed by atoms with Crippen molar-refractivity contribution in [3.63, 3.8) is 0 Å². The molecule has 7 atom stereocenters. The average Bonchev–Trinajstić information content (AvgIpc) is 3.23. The zero-order chi connectivity index (χ0) is 18.8. The Hall–Kier alpha value is -0.560. The Bertz CT molecular complexity index is 744. The fourth-order valence-electron chi connectivity index (χ4n) is 8.01. The van der Waals surface area contributed by atoms with Crippen LogP contribution in [0.25, 0.3) is 6.08 Å². The molecular formula is C26H35Br. The summed E-state index contributed by atoms with van der Waals surface area (Å²) in [4.78, 5) is 0.766. The minimum absolute atomic E-state index is 0.312. The summed E-state index contributed by atoms with van der Waals surface area (Å²) in [6.07, 6.45) is 12.5.